The van der Waals surface area contributed by atoms with Gasteiger partial charge >= 0.3 is 18.5 Å². The first-order valence-corrected chi connectivity index (χ1v) is 11.2. The zero-order valence-electron chi connectivity index (χ0n) is 20.4. The highest BCUT2D eigenvalue weighted by Gasteiger charge is 2.64. The predicted molar refractivity (Wildman–Crippen MR) is 117 cm³/mol. The SMILES string of the molecule is Cc1cc(C2=NO[C@](c3cc(C(F)(F)F)cc(C(F)F)n3)(C(F)(F)F)C2)ccc1C(=O)NCC(=O)NCC(F)(F)F. The fourth-order valence-corrected chi connectivity index (χ4v) is 3.67. The highest BCUT2D eigenvalue weighted by molar-refractivity contribution is 6.04. The van der Waals surface area contributed by atoms with Crippen LogP contribution in [0, 0.1) is 6.92 Å². The normalized spacial score (nSPS) is 17.7. The lowest BCUT2D eigenvalue weighted by molar-refractivity contribution is -0.277. The third-order valence-electron chi connectivity index (χ3n) is 5.70. The minimum atomic E-state index is -5.48. The Morgan fingerprint density at radius 3 is 2.20 bits per heavy atom. The summed E-state index contributed by atoms with van der Waals surface area (Å²) in [6.07, 6.45) is -20.3. The molecule has 0 bridgehead atoms. The second-order valence-corrected chi connectivity index (χ2v) is 8.70. The van der Waals surface area contributed by atoms with Crippen molar-refractivity contribution >= 4 is 17.5 Å². The Bertz CT molecular complexity index is 1350. The molecular weight excluding hydrogens is 589 g/mol. The Hall–Kier alpha value is -3.99. The molecule has 0 radical (unpaired) electrons. The van der Waals surface area contributed by atoms with E-state index in [9.17, 15) is 57.9 Å². The van der Waals surface area contributed by atoms with E-state index >= 15 is 0 Å². The zero-order valence-corrected chi connectivity index (χ0v) is 20.4. The Morgan fingerprint density at radius 1 is 1.00 bits per heavy atom. The molecule has 3 rings (SSSR count). The number of pyridine rings is 1. The molecule has 2 aromatic rings. The number of carbonyl (C=O) groups is 2. The van der Waals surface area contributed by atoms with E-state index in [1.165, 1.54) is 12.2 Å². The van der Waals surface area contributed by atoms with Gasteiger partial charge in [0, 0.05) is 5.56 Å². The van der Waals surface area contributed by atoms with Crippen molar-refractivity contribution in [1.29, 1.82) is 0 Å². The quantitative estimate of drug-likeness (QED) is 0.417. The van der Waals surface area contributed by atoms with Gasteiger partial charge in [-0.15, -0.1) is 0 Å². The lowest BCUT2D eigenvalue weighted by atomic mass is 9.88. The molecule has 41 heavy (non-hydrogen) atoms. The molecule has 0 saturated carbocycles. The van der Waals surface area contributed by atoms with E-state index in [-0.39, 0.29) is 28.8 Å². The van der Waals surface area contributed by atoms with Gasteiger partial charge in [0.05, 0.1) is 29.9 Å². The van der Waals surface area contributed by atoms with Crippen LogP contribution in [-0.4, -0.2) is 48.0 Å². The summed E-state index contributed by atoms with van der Waals surface area (Å²) in [6, 6.07) is 3.19. The number of aromatic nitrogens is 1. The van der Waals surface area contributed by atoms with Gasteiger partial charge in [-0.1, -0.05) is 11.2 Å². The van der Waals surface area contributed by atoms with Crippen molar-refractivity contribution in [3.8, 4) is 0 Å². The van der Waals surface area contributed by atoms with Gasteiger partial charge in [-0.25, -0.2) is 13.8 Å². The molecule has 1 aromatic carbocycles. The predicted octanol–water partition coefficient (Wildman–Crippen LogP) is 5.34. The van der Waals surface area contributed by atoms with Crippen molar-refractivity contribution in [1.82, 2.24) is 15.6 Å². The summed E-state index contributed by atoms with van der Waals surface area (Å²) in [5.41, 5.74) is -9.10. The molecule has 0 aliphatic carbocycles. The summed E-state index contributed by atoms with van der Waals surface area (Å²) in [5, 5.41) is 6.93. The average Bonchev–Trinajstić information content (AvgIpc) is 3.32. The van der Waals surface area contributed by atoms with Gasteiger partial charge < -0.3 is 15.5 Å². The standard InChI is InChI=1S/C23H17F11N4O3/c1-10-4-11(2-3-13(10)19(40)35-8-17(39)36-9-21(26,27)28)15-7-20(41-38-15,23(32,33)34)16-6-12(22(29,30)31)5-14(37-16)18(24)25/h2-6,18H,7-9H2,1H3,(H,35,40)(H,36,39)/t20-/m1/s1. The van der Waals surface area contributed by atoms with Crippen LogP contribution in [0.1, 0.15) is 51.3 Å². The van der Waals surface area contributed by atoms with Crippen LogP contribution in [0.15, 0.2) is 35.5 Å². The van der Waals surface area contributed by atoms with E-state index in [1.807, 2.05) is 0 Å². The van der Waals surface area contributed by atoms with E-state index in [4.69, 9.17) is 0 Å². The van der Waals surface area contributed by atoms with E-state index in [0.717, 1.165) is 18.2 Å². The highest BCUT2D eigenvalue weighted by Crippen LogP contribution is 2.49. The minimum Gasteiger partial charge on any atom is -0.372 e. The first-order chi connectivity index (χ1) is 18.7. The number of carbonyl (C=O) groups excluding carboxylic acids is 2. The first kappa shape index (κ1) is 31.5. The number of halogens is 11. The maximum Gasteiger partial charge on any atom is 0.437 e. The Balaban J connectivity index is 1.85. The van der Waals surface area contributed by atoms with Crippen LogP contribution in [0.5, 0.6) is 0 Å². The van der Waals surface area contributed by atoms with Crippen LogP contribution >= 0.6 is 0 Å². The molecule has 0 unspecified atom stereocenters. The van der Waals surface area contributed by atoms with E-state index < -0.39 is 84.5 Å². The summed E-state index contributed by atoms with van der Waals surface area (Å²) in [6.45, 7) is -1.13. The Morgan fingerprint density at radius 2 is 1.66 bits per heavy atom. The minimum absolute atomic E-state index is 0.0542. The molecular formula is C23H17F11N4O3. The van der Waals surface area contributed by atoms with Crippen LogP contribution in [0.25, 0.3) is 0 Å². The fourth-order valence-electron chi connectivity index (χ4n) is 3.67. The molecule has 1 aliphatic heterocycles. The number of rotatable bonds is 7. The third-order valence-corrected chi connectivity index (χ3v) is 5.70. The van der Waals surface area contributed by atoms with Crippen molar-refractivity contribution in [2.75, 3.05) is 13.1 Å². The molecule has 0 saturated heterocycles. The molecule has 224 valence electrons. The van der Waals surface area contributed by atoms with Crippen molar-refractivity contribution in [2.45, 2.75) is 43.9 Å². The number of hydrogen-bond acceptors (Lipinski definition) is 5. The monoisotopic (exact) mass is 606 g/mol. The van der Waals surface area contributed by atoms with Crippen LogP contribution in [0.3, 0.4) is 0 Å². The van der Waals surface area contributed by atoms with Gasteiger partial charge in [0.15, 0.2) is 0 Å². The van der Waals surface area contributed by atoms with E-state index in [0.29, 0.717) is 0 Å². The summed E-state index contributed by atoms with van der Waals surface area (Å²) in [4.78, 5) is 31.5. The number of benzene rings is 1. The maximum absolute atomic E-state index is 14.2. The average molecular weight is 606 g/mol. The molecule has 1 aromatic heterocycles. The number of oxime groups is 1. The Kier molecular flexibility index (Phi) is 8.55. The van der Waals surface area contributed by atoms with Crippen LogP contribution in [0.2, 0.25) is 0 Å². The largest absolute Gasteiger partial charge is 0.437 e. The van der Waals surface area contributed by atoms with E-state index in [1.54, 1.807) is 0 Å². The number of alkyl halides is 11. The maximum atomic E-state index is 14.2. The molecule has 1 atom stereocenters. The van der Waals surface area contributed by atoms with Crippen molar-refractivity contribution < 1.29 is 62.7 Å². The zero-order chi connectivity index (χ0) is 31.0. The smallest absolute Gasteiger partial charge is 0.372 e. The van der Waals surface area contributed by atoms with E-state index in [2.05, 4.69) is 20.3 Å². The van der Waals surface area contributed by atoms with Crippen LogP contribution in [0.4, 0.5) is 48.3 Å². The summed E-state index contributed by atoms with van der Waals surface area (Å²) in [7, 11) is 0. The van der Waals surface area contributed by atoms with Crippen molar-refractivity contribution in [3.63, 3.8) is 0 Å². The molecule has 1 aliphatic rings. The molecule has 2 heterocycles. The van der Waals surface area contributed by atoms with Crippen molar-refractivity contribution in [3.05, 3.63) is 64.0 Å². The first-order valence-electron chi connectivity index (χ1n) is 11.2. The molecule has 18 heteroatoms. The second-order valence-electron chi connectivity index (χ2n) is 8.70. The van der Waals surface area contributed by atoms with Gasteiger partial charge in [-0.2, -0.15) is 39.5 Å². The molecule has 0 spiro atoms. The van der Waals surface area contributed by atoms with Gasteiger partial charge in [0.25, 0.3) is 17.9 Å². The fraction of sp³-hybridized carbons (Fsp3) is 0.391. The summed E-state index contributed by atoms with van der Waals surface area (Å²) < 4.78 is 145. The molecule has 2 N–H and O–H groups in total. The van der Waals surface area contributed by atoms with Crippen molar-refractivity contribution in [2.24, 2.45) is 5.16 Å². The highest BCUT2D eigenvalue weighted by atomic mass is 19.4. The topological polar surface area (TPSA) is 92.7 Å². The summed E-state index contributed by atoms with van der Waals surface area (Å²) in [5.74, 6) is -2.07. The number of aryl methyl sites for hydroxylation is 1. The van der Waals surface area contributed by atoms with Gasteiger partial charge in [-0.3, -0.25) is 9.59 Å². The lowest BCUT2D eigenvalue weighted by Crippen LogP contribution is -2.43. The number of amides is 2. The Labute approximate surface area is 222 Å². The molecule has 2 amide bonds. The molecule has 0 fully saturated rings. The van der Waals surface area contributed by atoms with Gasteiger partial charge in [0.2, 0.25) is 5.91 Å². The second kappa shape index (κ2) is 11.1. The van der Waals surface area contributed by atoms with Gasteiger partial charge in [0.1, 0.15) is 12.2 Å². The third kappa shape index (κ3) is 7.21. The molecule has 7 nitrogen and oxygen atoms in total. The number of nitrogens with zero attached hydrogens (tertiary/aromatic N) is 2. The van der Waals surface area contributed by atoms with Gasteiger partial charge in [-0.05, 0) is 42.3 Å². The summed E-state index contributed by atoms with van der Waals surface area (Å²) >= 11 is 0. The number of nitrogens with one attached hydrogen (secondary N) is 2. The number of hydrogen-bond donors (Lipinski definition) is 2. The van der Waals surface area contributed by atoms with Crippen LogP contribution in [-0.2, 0) is 21.4 Å². The lowest BCUT2D eigenvalue weighted by Gasteiger charge is -2.29. The van der Waals surface area contributed by atoms with Crippen LogP contribution < -0.4 is 10.6 Å².